The third-order valence-corrected chi connectivity index (χ3v) is 5.67. The highest BCUT2D eigenvalue weighted by Gasteiger charge is 2.23. The zero-order valence-electron chi connectivity index (χ0n) is 20.1. The Morgan fingerprint density at radius 3 is 2.51 bits per heavy atom. The molecule has 1 aromatic heterocycles. The molecule has 0 amide bonds. The largest absolute Gasteiger partial charge is 0.493 e. The van der Waals surface area contributed by atoms with Gasteiger partial charge in [0.1, 0.15) is 17.4 Å². The maximum Gasteiger partial charge on any atom is 0.307 e. The molecule has 0 saturated heterocycles. The smallest absolute Gasteiger partial charge is 0.307 e. The molecule has 7 heteroatoms. The summed E-state index contributed by atoms with van der Waals surface area (Å²) in [5, 5.41) is 19.5. The van der Waals surface area contributed by atoms with Gasteiger partial charge in [0.15, 0.2) is 0 Å². The highest BCUT2D eigenvalue weighted by atomic mass is 19.1. The summed E-state index contributed by atoms with van der Waals surface area (Å²) >= 11 is 0. The van der Waals surface area contributed by atoms with Crippen molar-refractivity contribution in [2.75, 3.05) is 6.61 Å². The monoisotopic (exact) mass is 479 g/mol. The molecule has 4 aromatic rings. The fourth-order valence-corrected chi connectivity index (χ4v) is 4.39. The molecular formula is C28H27F2NO4. The lowest BCUT2D eigenvalue weighted by molar-refractivity contribution is -0.136. The van der Waals surface area contributed by atoms with E-state index in [0.717, 1.165) is 23.4 Å². The number of hydrogen-bond acceptors (Lipinski definition) is 4. The second-order valence-corrected chi connectivity index (χ2v) is 9.67. The number of hydrogen-bond donors (Lipinski definition) is 2. The lowest BCUT2D eigenvalue weighted by Crippen LogP contribution is -2.10. The zero-order chi connectivity index (χ0) is 25.5. The van der Waals surface area contributed by atoms with E-state index >= 15 is 0 Å². The maximum absolute atomic E-state index is 14.6. The van der Waals surface area contributed by atoms with E-state index in [1.165, 1.54) is 6.07 Å². The number of benzene rings is 3. The van der Waals surface area contributed by atoms with Gasteiger partial charge < -0.3 is 14.9 Å². The number of pyridine rings is 1. The highest BCUT2D eigenvalue weighted by molar-refractivity contribution is 6.08. The summed E-state index contributed by atoms with van der Waals surface area (Å²) in [6, 6.07) is 9.21. The van der Waals surface area contributed by atoms with Crippen LogP contribution in [-0.4, -0.2) is 33.4 Å². The van der Waals surface area contributed by atoms with Gasteiger partial charge in [-0.25, -0.2) is 8.78 Å². The molecule has 5 nitrogen and oxygen atoms in total. The Morgan fingerprint density at radius 2 is 1.83 bits per heavy atom. The maximum atomic E-state index is 14.6. The van der Waals surface area contributed by atoms with Gasteiger partial charge in [-0.05, 0) is 85.7 Å². The van der Waals surface area contributed by atoms with Crippen molar-refractivity contribution in [3.63, 3.8) is 0 Å². The summed E-state index contributed by atoms with van der Waals surface area (Å²) in [6.07, 6.45) is 2.16. The molecule has 5 rings (SSSR count). The van der Waals surface area contributed by atoms with Crippen molar-refractivity contribution in [2.24, 2.45) is 0 Å². The van der Waals surface area contributed by atoms with Gasteiger partial charge in [-0.15, -0.1) is 0 Å². The van der Waals surface area contributed by atoms with Crippen LogP contribution in [0, 0.1) is 18.6 Å². The van der Waals surface area contributed by atoms with Gasteiger partial charge in [0.2, 0.25) is 0 Å². The van der Waals surface area contributed by atoms with Crippen LogP contribution in [0.15, 0.2) is 42.6 Å². The average Bonchev–Trinajstić information content (AvgIpc) is 2.75. The molecule has 0 atom stereocenters. The van der Waals surface area contributed by atoms with Gasteiger partial charge in [0.25, 0.3) is 0 Å². The Bertz CT molecular complexity index is 1440. The predicted octanol–water partition coefficient (Wildman–Crippen LogP) is 5.98. The van der Waals surface area contributed by atoms with Gasteiger partial charge in [-0.3, -0.25) is 9.78 Å². The van der Waals surface area contributed by atoms with Crippen molar-refractivity contribution < 1.29 is 28.5 Å². The number of nitrogens with zero attached hydrogens (tertiary/aromatic N) is 1. The first kappa shape index (κ1) is 24.5. The first-order valence-electron chi connectivity index (χ1n) is 11.3. The van der Waals surface area contributed by atoms with Crippen LogP contribution in [0.25, 0.3) is 32.8 Å². The number of carbonyl (C=O) groups is 1. The van der Waals surface area contributed by atoms with E-state index in [1.54, 1.807) is 46.0 Å². The van der Waals surface area contributed by atoms with Crippen LogP contribution < -0.4 is 4.74 Å². The molecule has 1 aliphatic heterocycles. The Balaban J connectivity index is 0.000000527. The number of aromatic nitrogens is 1. The predicted molar refractivity (Wildman–Crippen MR) is 132 cm³/mol. The summed E-state index contributed by atoms with van der Waals surface area (Å²) < 4.78 is 34.6. The standard InChI is InChI=1S/C24H17F2NO3.C4H10O/c1-12-8-17-18(9-14(25)10-19(17)26)23(16(12)11-21(28)29)15-2-3-20-22-13(5-7-30-20)4-6-27-24(15)22;1-4(2,3)5/h2-4,6,8-10H,5,7,11H2,1H3,(H,28,29);5H,1-3H3. The molecule has 1 aliphatic rings. The van der Waals surface area contributed by atoms with E-state index in [4.69, 9.17) is 9.84 Å². The van der Waals surface area contributed by atoms with Crippen molar-refractivity contribution in [3.8, 4) is 16.9 Å². The molecule has 182 valence electrons. The Hall–Kier alpha value is -3.58. The minimum Gasteiger partial charge on any atom is -0.493 e. The minimum absolute atomic E-state index is 0.245. The second kappa shape index (κ2) is 9.23. The molecule has 3 aromatic carbocycles. The lowest BCUT2D eigenvalue weighted by atomic mass is 9.86. The number of fused-ring (bicyclic) bond motifs is 1. The Morgan fingerprint density at radius 1 is 1.11 bits per heavy atom. The molecule has 0 radical (unpaired) electrons. The van der Waals surface area contributed by atoms with Crippen LogP contribution in [0.4, 0.5) is 8.78 Å². The van der Waals surface area contributed by atoms with E-state index in [-0.39, 0.29) is 11.8 Å². The van der Waals surface area contributed by atoms with Crippen molar-refractivity contribution >= 4 is 27.6 Å². The van der Waals surface area contributed by atoms with E-state index < -0.39 is 23.2 Å². The van der Waals surface area contributed by atoms with Crippen LogP contribution in [-0.2, 0) is 17.6 Å². The molecule has 0 bridgehead atoms. The van der Waals surface area contributed by atoms with Crippen LogP contribution in [0.5, 0.6) is 5.75 Å². The number of ether oxygens (including phenoxy) is 1. The first-order valence-corrected chi connectivity index (χ1v) is 11.3. The summed E-state index contributed by atoms with van der Waals surface area (Å²) in [5.74, 6) is -1.72. The van der Waals surface area contributed by atoms with Crippen molar-refractivity contribution in [1.82, 2.24) is 4.98 Å². The van der Waals surface area contributed by atoms with Gasteiger partial charge >= 0.3 is 5.97 Å². The summed E-state index contributed by atoms with van der Waals surface area (Å²) in [4.78, 5) is 16.2. The van der Waals surface area contributed by atoms with Gasteiger partial charge in [0.05, 0.1) is 24.1 Å². The molecule has 2 heterocycles. The molecular weight excluding hydrogens is 452 g/mol. The van der Waals surface area contributed by atoms with E-state index in [9.17, 15) is 18.7 Å². The number of halogens is 2. The second-order valence-electron chi connectivity index (χ2n) is 9.67. The molecule has 35 heavy (non-hydrogen) atoms. The third-order valence-electron chi connectivity index (χ3n) is 5.67. The molecule has 0 aliphatic carbocycles. The van der Waals surface area contributed by atoms with Crippen LogP contribution in [0.3, 0.4) is 0 Å². The topological polar surface area (TPSA) is 79.7 Å². The van der Waals surface area contributed by atoms with Crippen LogP contribution in [0.1, 0.15) is 37.5 Å². The minimum atomic E-state index is -1.02. The van der Waals surface area contributed by atoms with E-state index in [1.807, 2.05) is 12.1 Å². The van der Waals surface area contributed by atoms with Crippen molar-refractivity contribution in [3.05, 3.63) is 70.9 Å². The number of carboxylic acids is 1. The van der Waals surface area contributed by atoms with Gasteiger partial charge in [0, 0.05) is 35.0 Å². The fourth-order valence-electron chi connectivity index (χ4n) is 4.39. The molecule has 0 saturated carbocycles. The number of carboxylic acid groups (broad SMARTS) is 1. The molecule has 2 N–H and O–H groups in total. The normalized spacial score (nSPS) is 12.8. The molecule has 0 unspecified atom stereocenters. The summed E-state index contributed by atoms with van der Waals surface area (Å²) in [7, 11) is 0. The third kappa shape index (κ3) is 5.10. The van der Waals surface area contributed by atoms with E-state index in [2.05, 4.69) is 4.98 Å². The zero-order valence-corrected chi connectivity index (χ0v) is 20.1. The number of aliphatic carboxylic acids is 1. The van der Waals surface area contributed by atoms with Crippen LogP contribution in [0.2, 0.25) is 0 Å². The molecule has 0 spiro atoms. The number of aliphatic hydroxyl groups is 1. The Kier molecular flexibility index (Phi) is 6.47. The lowest BCUT2D eigenvalue weighted by Gasteiger charge is -2.21. The average molecular weight is 480 g/mol. The SMILES string of the molecule is CC(C)(C)O.Cc1cc2c(F)cc(F)cc2c(-c2ccc3c4c(ccnc24)CCO3)c1CC(=O)O. The first-order chi connectivity index (χ1) is 16.4. The van der Waals surface area contributed by atoms with Crippen LogP contribution >= 0.6 is 0 Å². The summed E-state index contributed by atoms with van der Waals surface area (Å²) in [5.41, 5.74) is 3.48. The molecule has 0 fully saturated rings. The van der Waals surface area contributed by atoms with Gasteiger partial charge in [-0.2, -0.15) is 0 Å². The van der Waals surface area contributed by atoms with Crippen molar-refractivity contribution in [2.45, 2.75) is 46.1 Å². The number of aryl methyl sites for hydroxylation is 1. The summed E-state index contributed by atoms with van der Waals surface area (Å²) in [6.45, 7) is 7.54. The highest BCUT2D eigenvalue weighted by Crippen LogP contribution is 2.42. The fraction of sp³-hybridized carbons (Fsp3) is 0.286. The number of rotatable bonds is 3. The van der Waals surface area contributed by atoms with E-state index in [0.29, 0.717) is 45.5 Å². The Labute approximate surface area is 202 Å². The van der Waals surface area contributed by atoms with Crippen molar-refractivity contribution in [1.29, 1.82) is 0 Å². The quantitative estimate of drug-likeness (QED) is 0.378. The van der Waals surface area contributed by atoms with Gasteiger partial charge in [-0.1, -0.05) is 0 Å².